The Morgan fingerprint density at radius 2 is 2.11 bits per heavy atom. The maximum atomic E-state index is 11.6. The van der Waals surface area contributed by atoms with E-state index in [-0.39, 0.29) is 12.0 Å². The van der Waals surface area contributed by atoms with E-state index in [9.17, 15) is 4.79 Å². The Morgan fingerprint density at radius 1 is 1.42 bits per heavy atom. The van der Waals surface area contributed by atoms with E-state index in [1.807, 2.05) is 20.0 Å². The second-order valence-corrected chi connectivity index (χ2v) is 4.64. The summed E-state index contributed by atoms with van der Waals surface area (Å²) in [6.45, 7) is 5.77. The summed E-state index contributed by atoms with van der Waals surface area (Å²) in [5, 5.41) is 3.75. The molecule has 2 unspecified atom stereocenters. The van der Waals surface area contributed by atoms with Crippen LogP contribution < -0.4 is 10.1 Å². The van der Waals surface area contributed by atoms with Crippen molar-refractivity contribution in [1.82, 2.24) is 5.32 Å². The molecule has 1 aromatic rings. The molecule has 0 aliphatic heterocycles. The van der Waals surface area contributed by atoms with Crippen LogP contribution in [0.4, 0.5) is 0 Å². The maximum absolute atomic E-state index is 11.6. The molecule has 4 nitrogen and oxygen atoms in total. The Labute approximate surface area is 119 Å². The van der Waals surface area contributed by atoms with Gasteiger partial charge in [0.25, 0.3) is 0 Å². The topological polar surface area (TPSA) is 47.6 Å². The third-order valence-electron chi connectivity index (χ3n) is 2.79. The molecule has 0 amide bonds. The second kappa shape index (κ2) is 7.36. The molecule has 2 atom stereocenters. The minimum absolute atomic E-state index is 0.0723. The number of ether oxygens (including phenoxy) is 2. The summed E-state index contributed by atoms with van der Waals surface area (Å²) < 4.78 is 10.6. The Morgan fingerprint density at radius 3 is 2.68 bits per heavy atom. The summed E-state index contributed by atoms with van der Waals surface area (Å²) in [6.07, 6.45) is -0.649. The number of nitrogens with one attached hydrogen (secondary N) is 1. The van der Waals surface area contributed by atoms with Crippen LogP contribution in [0.2, 0.25) is 5.02 Å². The van der Waals surface area contributed by atoms with Gasteiger partial charge in [-0.05, 0) is 46.0 Å². The molecule has 0 aliphatic carbocycles. The molecule has 1 N–H and O–H groups in total. The zero-order valence-electron chi connectivity index (χ0n) is 11.7. The fourth-order valence-corrected chi connectivity index (χ4v) is 1.80. The first-order chi connectivity index (χ1) is 8.99. The lowest BCUT2D eigenvalue weighted by Crippen LogP contribution is -2.27. The quantitative estimate of drug-likeness (QED) is 0.817. The molecule has 1 aromatic carbocycles. The number of halogens is 1. The molecule has 0 spiro atoms. The molecule has 5 heteroatoms. The Hall–Kier alpha value is -1.26. The molecular formula is C14H20ClNO3. The lowest BCUT2D eigenvalue weighted by molar-refractivity contribution is -0.150. The van der Waals surface area contributed by atoms with E-state index in [1.54, 1.807) is 26.0 Å². The van der Waals surface area contributed by atoms with Gasteiger partial charge in [-0.1, -0.05) is 11.6 Å². The van der Waals surface area contributed by atoms with Gasteiger partial charge in [0, 0.05) is 16.6 Å². The van der Waals surface area contributed by atoms with Crippen molar-refractivity contribution in [1.29, 1.82) is 0 Å². The van der Waals surface area contributed by atoms with Gasteiger partial charge in [-0.25, -0.2) is 4.79 Å². The Bertz CT molecular complexity index is 437. The number of hydrogen-bond donors (Lipinski definition) is 1. The average molecular weight is 286 g/mol. The van der Waals surface area contributed by atoms with Crippen molar-refractivity contribution in [3.63, 3.8) is 0 Å². The van der Waals surface area contributed by atoms with E-state index in [0.29, 0.717) is 17.4 Å². The van der Waals surface area contributed by atoms with Gasteiger partial charge < -0.3 is 14.8 Å². The van der Waals surface area contributed by atoms with Crippen LogP contribution in [-0.4, -0.2) is 25.7 Å². The third kappa shape index (κ3) is 4.40. The normalized spacial score (nSPS) is 13.7. The van der Waals surface area contributed by atoms with Crippen molar-refractivity contribution in [3.05, 3.63) is 28.8 Å². The fourth-order valence-electron chi connectivity index (χ4n) is 1.62. The molecule has 0 bridgehead atoms. The van der Waals surface area contributed by atoms with Gasteiger partial charge in [-0.3, -0.25) is 0 Å². The summed E-state index contributed by atoms with van der Waals surface area (Å²) in [6, 6.07) is 5.40. The predicted molar refractivity (Wildman–Crippen MR) is 75.6 cm³/mol. The summed E-state index contributed by atoms with van der Waals surface area (Å²) in [5.41, 5.74) is 0.908. The molecule has 0 saturated carbocycles. The molecule has 19 heavy (non-hydrogen) atoms. The number of benzene rings is 1. The van der Waals surface area contributed by atoms with Gasteiger partial charge in [0.1, 0.15) is 5.75 Å². The second-order valence-electron chi connectivity index (χ2n) is 4.20. The summed E-state index contributed by atoms with van der Waals surface area (Å²) in [5.74, 6) is 0.257. The first kappa shape index (κ1) is 15.8. The maximum Gasteiger partial charge on any atom is 0.347 e. The molecule has 0 fully saturated rings. The Kier molecular flexibility index (Phi) is 6.12. The number of carbonyl (C=O) groups is 1. The molecule has 0 aromatic heterocycles. The highest BCUT2D eigenvalue weighted by Crippen LogP contribution is 2.29. The smallest absolute Gasteiger partial charge is 0.347 e. The van der Waals surface area contributed by atoms with Gasteiger partial charge in [0.2, 0.25) is 0 Å². The lowest BCUT2D eigenvalue weighted by atomic mass is 10.1. The molecule has 0 saturated heterocycles. The third-order valence-corrected chi connectivity index (χ3v) is 3.03. The van der Waals surface area contributed by atoms with Crippen molar-refractivity contribution >= 4 is 17.6 Å². The molecule has 0 aliphatic rings. The SMILES string of the molecule is CCOC(=O)C(C)Oc1ccc(Cl)cc1C(C)NC. The van der Waals surface area contributed by atoms with Gasteiger partial charge in [-0.2, -0.15) is 0 Å². The highest BCUT2D eigenvalue weighted by molar-refractivity contribution is 6.30. The van der Waals surface area contributed by atoms with Crippen LogP contribution in [0, 0.1) is 0 Å². The van der Waals surface area contributed by atoms with Gasteiger partial charge in [0.05, 0.1) is 6.61 Å². The summed E-state index contributed by atoms with van der Waals surface area (Å²) >= 11 is 5.99. The average Bonchev–Trinajstić information content (AvgIpc) is 2.40. The monoisotopic (exact) mass is 285 g/mol. The van der Waals surface area contributed by atoms with Gasteiger partial charge in [-0.15, -0.1) is 0 Å². The van der Waals surface area contributed by atoms with Crippen LogP contribution in [0.5, 0.6) is 5.75 Å². The van der Waals surface area contributed by atoms with E-state index < -0.39 is 6.10 Å². The van der Waals surface area contributed by atoms with E-state index in [1.165, 1.54) is 0 Å². The van der Waals surface area contributed by atoms with E-state index in [4.69, 9.17) is 21.1 Å². The van der Waals surface area contributed by atoms with E-state index >= 15 is 0 Å². The van der Waals surface area contributed by atoms with Gasteiger partial charge >= 0.3 is 5.97 Å². The number of hydrogen-bond acceptors (Lipinski definition) is 4. The first-order valence-electron chi connectivity index (χ1n) is 6.29. The van der Waals surface area contributed by atoms with Crippen molar-refractivity contribution < 1.29 is 14.3 Å². The zero-order chi connectivity index (χ0) is 14.4. The Balaban J connectivity index is 2.91. The largest absolute Gasteiger partial charge is 0.479 e. The predicted octanol–water partition coefficient (Wildman–Crippen LogP) is 2.95. The molecule has 0 heterocycles. The summed E-state index contributed by atoms with van der Waals surface area (Å²) in [7, 11) is 1.85. The van der Waals surface area contributed by atoms with Crippen LogP contribution in [0.15, 0.2) is 18.2 Å². The summed E-state index contributed by atoms with van der Waals surface area (Å²) in [4.78, 5) is 11.6. The van der Waals surface area contributed by atoms with Crippen LogP contribution in [0.1, 0.15) is 32.4 Å². The van der Waals surface area contributed by atoms with E-state index in [0.717, 1.165) is 5.56 Å². The molecule has 1 rings (SSSR count). The van der Waals surface area contributed by atoms with Crippen molar-refractivity contribution in [2.75, 3.05) is 13.7 Å². The highest BCUT2D eigenvalue weighted by atomic mass is 35.5. The minimum Gasteiger partial charge on any atom is -0.479 e. The first-order valence-corrected chi connectivity index (χ1v) is 6.67. The van der Waals surface area contributed by atoms with E-state index in [2.05, 4.69) is 5.32 Å². The number of rotatable bonds is 6. The van der Waals surface area contributed by atoms with Crippen LogP contribution in [-0.2, 0) is 9.53 Å². The lowest BCUT2D eigenvalue weighted by Gasteiger charge is -2.19. The van der Waals surface area contributed by atoms with Crippen LogP contribution in [0.3, 0.4) is 0 Å². The van der Waals surface area contributed by atoms with Crippen LogP contribution in [0.25, 0.3) is 0 Å². The van der Waals surface area contributed by atoms with Crippen molar-refractivity contribution in [2.24, 2.45) is 0 Å². The highest BCUT2D eigenvalue weighted by Gasteiger charge is 2.19. The standard InChI is InChI=1S/C14H20ClNO3/c1-5-18-14(17)10(3)19-13-7-6-11(15)8-12(13)9(2)16-4/h6-10,16H,5H2,1-4H3. The van der Waals surface area contributed by atoms with Crippen molar-refractivity contribution in [2.45, 2.75) is 32.9 Å². The zero-order valence-corrected chi connectivity index (χ0v) is 12.5. The number of carbonyl (C=O) groups excluding carboxylic acids is 1. The van der Waals surface area contributed by atoms with Crippen molar-refractivity contribution in [3.8, 4) is 5.75 Å². The molecular weight excluding hydrogens is 266 g/mol. The molecule has 0 radical (unpaired) electrons. The van der Waals surface area contributed by atoms with Gasteiger partial charge in [0.15, 0.2) is 6.10 Å². The minimum atomic E-state index is -0.649. The molecule has 106 valence electrons. The fraction of sp³-hybridized carbons (Fsp3) is 0.500. The van der Waals surface area contributed by atoms with Crippen LogP contribution >= 0.6 is 11.6 Å². The number of esters is 1.